The Bertz CT molecular complexity index is 1000. The van der Waals surface area contributed by atoms with Gasteiger partial charge in [-0.05, 0) is 49.6 Å². The van der Waals surface area contributed by atoms with E-state index in [0.29, 0.717) is 35.5 Å². The van der Waals surface area contributed by atoms with Crippen LogP contribution in [0.25, 0.3) is 0 Å². The first-order chi connectivity index (χ1) is 12.8. The van der Waals surface area contributed by atoms with Crippen LogP contribution in [0.15, 0.2) is 42.5 Å². The van der Waals surface area contributed by atoms with Gasteiger partial charge in [0.1, 0.15) is 0 Å². The lowest BCUT2D eigenvalue weighted by Crippen LogP contribution is -2.37. The van der Waals surface area contributed by atoms with Crippen LogP contribution in [0.2, 0.25) is 0 Å². The Hall–Kier alpha value is -2.94. The topological polar surface area (TPSA) is 110 Å². The van der Waals surface area contributed by atoms with Crippen molar-refractivity contribution in [2.75, 3.05) is 21.9 Å². The van der Waals surface area contributed by atoms with Gasteiger partial charge in [-0.1, -0.05) is 6.07 Å². The molecule has 1 aliphatic heterocycles. The number of nitrogens with zero attached hydrogens (tertiary/aromatic N) is 2. The molecule has 0 radical (unpaired) electrons. The zero-order chi connectivity index (χ0) is 19.6. The monoisotopic (exact) mass is 389 g/mol. The number of anilines is 2. The number of hydrogen-bond acceptors (Lipinski definition) is 5. The smallest absolute Gasteiger partial charge is 0.269 e. The zero-order valence-corrected chi connectivity index (χ0v) is 15.5. The maximum atomic E-state index is 12.6. The number of nitro groups is 1. The molecule has 2 aromatic rings. The van der Waals surface area contributed by atoms with E-state index >= 15 is 0 Å². The summed E-state index contributed by atoms with van der Waals surface area (Å²) in [5, 5.41) is 13.5. The number of amides is 1. The molecule has 0 aromatic heterocycles. The number of carbonyl (C=O) groups excluding carboxylic acids is 1. The summed E-state index contributed by atoms with van der Waals surface area (Å²) in [5.74, 6) is -0.311. The van der Waals surface area contributed by atoms with Crippen molar-refractivity contribution in [1.29, 1.82) is 0 Å². The van der Waals surface area contributed by atoms with Crippen LogP contribution >= 0.6 is 0 Å². The molecular weight excluding hydrogens is 370 g/mol. The Morgan fingerprint density at radius 1 is 1.19 bits per heavy atom. The van der Waals surface area contributed by atoms with Crippen LogP contribution in [0.1, 0.15) is 28.8 Å². The summed E-state index contributed by atoms with van der Waals surface area (Å²) in [4.78, 5) is 22.9. The summed E-state index contributed by atoms with van der Waals surface area (Å²) in [7, 11) is -3.36. The van der Waals surface area contributed by atoms with Gasteiger partial charge >= 0.3 is 0 Å². The molecule has 2 aromatic carbocycles. The number of carbonyl (C=O) groups is 1. The van der Waals surface area contributed by atoms with Crippen LogP contribution in [-0.4, -0.2) is 31.5 Å². The number of nitrogens with one attached hydrogen (secondary N) is 1. The molecule has 0 saturated carbocycles. The van der Waals surface area contributed by atoms with Gasteiger partial charge in [0.15, 0.2) is 0 Å². The van der Waals surface area contributed by atoms with E-state index in [-0.39, 0.29) is 11.4 Å². The molecule has 0 atom stereocenters. The van der Waals surface area contributed by atoms with Gasteiger partial charge < -0.3 is 5.32 Å². The first-order valence-electron chi connectivity index (χ1n) is 8.45. The van der Waals surface area contributed by atoms with Gasteiger partial charge in [-0.2, -0.15) is 0 Å². The predicted octanol–water partition coefficient (Wildman–Crippen LogP) is 3.09. The summed E-state index contributed by atoms with van der Waals surface area (Å²) in [5.41, 5.74) is 1.74. The van der Waals surface area contributed by atoms with E-state index in [9.17, 15) is 23.3 Å². The Morgan fingerprint density at radius 3 is 2.63 bits per heavy atom. The molecule has 1 heterocycles. The highest BCUT2D eigenvalue weighted by Gasteiger charge is 2.26. The summed E-state index contributed by atoms with van der Waals surface area (Å²) in [6, 6.07) is 10.6. The molecule has 9 heteroatoms. The molecule has 142 valence electrons. The van der Waals surface area contributed by atoms with Crippen LogP contribution in [0.5, 0.6) is 0 Å². The minimum atomic E-state index is -3.36. The third kappa shape index (κ3) is 4.08. The minimum absolute atomic E-state index is 0.0530. The quantitative estimate of drug-likeness (QED) is 0.638. The van der Waals surface area contributed by atoms with Gasteiger partial charge in [0.25, 0.3) is 11.6 Å². The van der Waals surface area contributed by atoms with Crippen LogP contribution in [0.4, 0.5) is 17.1 Å². The fourth-order valence-corrected chi connectivity index (χ4v) is 4.61. The number of non-ortho nitro benzene ring substituents is 1. The van der Waals surface area contributed by atoms with E-state index in [0.717, 1.165) is 6.42 Å². The lowest BCUT2D eigenvalue weighted by Gasteiger charge is -2.28. The molecule has 0 aliphatic carbocycles. The zero-order valence-electron chi connectivity index (χ0n) is 14.7. The molecule has 1 N–H and O–H groups in total. The molecule has 0 bridgehead atoms. The molecule has 27 heavy (non-hydrogen) atoms. The average molecular weight is 389 g/mol. The van der Waals surface area contributed by atoms with Crippen LogP contribution < -0.4 is 9.62 Å². The highest BCUT2D eigenvalue weighted by Crippen LogP contribution is 2.26. The molecular formula is C18H19N3O5S. The van der Waals surface area contributed by atoms with Gasteiger partial charge in [0.2, 0.25) is 10.0 Å². The van der Waals surface area contributed by atoms with E-state index < -0.39 is 20.9 Å². The lowest BCUT2D eigenvalue weighted by molar-refractivity contribution is -0.384. The number of nitro benzene ring substituents is 1. The molecule has 0 spiro atoms. The normalized spacial score (nSPS) is 16.0. The Labute approximate surface area is 157 Å². The van der Waals surface area contributed by atoms with E-state index in [1.54, 1.807) is 31.2 Å². The average Bonchev–Trinajstić information content (AvgIpc) is 2.63. The summed E-state index contributed by atoms with van der Waals surface area (Å²) in [6.07, 6.45) is 1.41. The van der Waals surface area contributed by atoms with Crippen molar-refractivity contribution in [3.63, 3.8) is 0 Å². The van der Waals surface area contributed by atoms with E-state index in [1.807, 2.05) is 0 Å². The largest absolute Gasteiger partial charge is 0.322 e. The van der Waals surface area contributed by atoms with Crippen molar-refractivity contribution in [3.05, 3.63) is 63.7 Å². The number of aryl methyl sites for hydroxylation is 1. The number of hydrogen-bond donors (Lipinski definition) is 1. The van der Waals surface area contributed by atoms with Gasteiger partial charge in [-0.15, -0.1) is 0 Å². The maximum absolute atomic E-state index is 12.6. The van der Waals surface area contributed by atoms with Gasteiger partial charge in [0.05, 0.1) is 16.4 Å². The Balaban J connectivity index is 1.83. The minimum Gasteiger partial charge on any atom is -0.322 e. The first kappa shape index (κ1) is 18.8. The standard InChI is InChI=1S/C18H19N3O5S/c1-13-11-16(21(23)24)7-8-17(13)19-18(22)14-5-4-6-15(12-14)20-9-2-3-10-27(20,25)26/h4-8,11-12H,2-3,9-10H2,1H3,(H,19,22). The maximum Gasteiger partial charge on any atom is 0.269 e. The van der Waals surface area contributed by atoms with E-state index in [4.69, 9.17) is 0 Å². The van der Waals surface area contributed by atoms with Crippen molar-refractivity contribution in [1.82, 2.24) is 0 Å². The molecule has 1 fully saturated rings. The molecule has 1 saturated heterocycles. The van der Waals surface area contributed by atoms with Gasteiger partial charge in [0, 0.05) is 29.9 Å². The van der Waals surface area contributed by atoms with Crippen LogP contribution in [-0.2, 0) is 10.0 Å². The highest BCUT2D eigenvalue weighted by molar-refractivity contribution is 7.92. The molecule has 1 aliphatic rings. The first-order valence-corrected chi connectivity index (χ1v) is 10.1. The second-order valence-electron chi connectivity index (χ2n) is 6.36. The summed E-state index contributed by atoms with van der Waals surface area (Å²) in [6.45, 7) is 2.06. The molecule has 8 nitrogen and oxygen atoms in total. The predicted molar refractivity (Wildman–Crippen MR) is 103 cm³/mol. The molecule has 3 rings (SSSR count). The van der Waals surface area contributed by atoms with Crippen molar-refractivity contribution >= 4 is 33.0 Å². The lowest BCUT2D eigenvalue weighted by atomic mass is 10.1. The summed E-state index contributed by atoms with van der Waals surface area (Å²) >= 11 is 0. The number of benzene rings is 2. The fourth-order valence-electron chi connectivity index (χ4n) is 2.98. The highest BCUT2D eigenvalue weighted by atomic mass is 32.2. The second-order valence-corrected chi connectivity index (χ2v) is 8.37. The van der Waals surface area contributed by atoms with Gasteiger partial charge in [-0.25, -0.2) is 8.42 Å². The van der Waals surface area contributed by atoms with Crippen LogP contribution in [0.3, 0.4) is 0 Å². The van der Waals surface area contributed by atoms with E-state index in [2.05, 4.69) is 5.32 Å². The second kappa shape index (κ2) is 7.36. The number of sulfonamides is 1. The SMILES string of the molecule is Cc1cc([N+](=O)[O-])ccc1NC(=O)c1cccc(N2CCCCS2(=O)=O)c1. The van der Waals surface area contributed by atoms with Crippen molar-refractivity contribution < 1.29 is 18.1 Å². The van der Waals surface area contributed by atoms with Crippen LogP contribution in [0, 0.1) is 17.0 Å². The van der Waals surface area contributed by atoms with Crippen molar-refractivity contribution in [3.8, 4) is 0 Å². The fraction of sp³-hybridized carbons (Fsp3) is 0.278. The third-order valence-corrected chi connectivity index (χ3v) is 6.28. The molecule has 0 unspecified atom stereocenters. The Kier molecular flexibility index (Phi) is 5.13. The molecule has 1 amide bonds. The third-order valence-electron chi connectivity index (χ3n) is 4.41. The van der Waals surface area contributed by atoms with Gasteiger partial charge in [-0.3, -0.25) is 19.2 Å². The van der Waals surface area contributed by atoms with Crippen molar-refractivity contribution in [2.24, 2.45) is 0 Å². The van der Waals surface area contributed by atoms with E-state index in [1.165, 1.54) is 22.5 Å². The van der Waals surface area contributed by atoms with Crippen molar-refractivity contribution in [2.45, 2.75) is 19.8 Å². The summed E-state index contributed by atoms with van der Waals surface area (Å²) < 4.78 is 25.9. The Morgan fingerprint density at radius 2 is 1.96 bits per heavy atom. The number of rotatable bonds is 4.